The topological polar surface area (TPSA) is 153 Å². The van der Waals surface area contributed by atoms with Gasteiger partial charge in [-0.1, -0.05) is 25.1 Å². The van der Waals surface area contributed by atoms with E-state index in [1.54, 1.807) is 51.7 Å². The number of rotatable bonds is 9. The minimum absolute atomic E-state index is 0.0791. The van der Waals surface area contributed by atoms with Crippen molar-refractivity contribution in [1.82, 2.24) is 4.90 Å². The molecule has 5 aliphatic carbocycles. The summed E-state index contributed by atoms with van der Waals surface area (Å²) in [7, 11) is 6.27. The van der Waals surface area contributed by atoms with Crippen molar-refractivity contribution < 1.29 is 53.3 Å². The number of aliphatic hydroxyl groups excluding tert-OH is 2. The van der Waals surface area contributed by atoms with E-state index in [1.807, 2.05) is 6.92 Å². The minimum atomic E-state index is -1.83. The van der Waals surface area contributed by atoms with E-state index in [1.165, 1.54) is 14.0 Å². The Hall–Kier alpha value is -2.16. The third-order valence-electron chi connectivity index (χ3n) is 13.2. The number of esters is 2. The molecule has 15 atom stereocenters. The number of ether oxygens (including phenoxy) is 6. The van der Waals surface area contributed by atoms with Crippen molar-refractivity contribution >= 4 is 11.9 Å². The molecule has 0 unspecified atom stereocenters. The Morgan fingerprint density at radius 1 is 1.00 bits per heavy atom. The molecule has 3 N–H and O–H groups in total. The zero-order valence-corrected chi connectivity index (χ0v) is 27.3. The number of hydrogen-bond donors (Lipinski definition) is 3. The first-order valence-electron chi connectivity index (χ1n) is 16.3. The molecular formula is C34H47NO11. The van der Waals surface area contributed by atoms with Gasteiger partial charge in [-0.3, -0.25) is 9.69 Å². The maximum Gasteiger partial charge on any atom is 0.338 e. The van der Waals surface area contributed by atoms with Gasteiger partial charge in [0.2, 0.25) is 0 Å². The predicted octanol–water partition coefficient (Wildman–Crippen LogP) is 0.648. The zero-order chi connectivity index (χ0) is 33.0. The molecular weight excluding hydrogens is 598 g/mol. The molecule has 1 aliphatic heterocycles. The minimum Gasteiger partial charge on any atom is -0.455 e. The number of methoxy groups -OCH3 is 4. The summed E-state index contributed by atoms with van der Waals surface area (Å²) in [4.78, 5) is 29.3. The van der Waals surface area contributed by atoms with Crippen LogP contribution in [0, 0.1) is 34.5 Å². The van der Waals surface area contributed by atoms with Crippen LogP contribution in [0.15, 0.2) is 30.3 Å². The first kappa shape index (κ1) is 32.4. The Balaban J connectivity index is 1.53. The average Bonchev–Trinajstić information content (AvgIpc) is 3.41. The average molecular weight is 646 g/mol. The lowest BCUT2D eigenvalue weighted by Gasteiger charge is -2.70. The first-order valence-corrected chi connectivity index (χ1v) is 16.3. The van der Waals surface area contributed by atoms with E-state index in [9.17, 15) is 24.9 Å². The summed E-state index contributed by atoms with van der Waals surface area (Å²) < 4.78 is 37.4. The van der Waals surface area contributed by atoms with Crippen LogP contribution in [0.25, 0.3) is 0 Å². The fourth-order valence-corrected chi connectivity index (χ4v) is 12.3. The molecule has 0 aromatic heterocycles. The number of nitrogens with zero attached hydrogens (tertiary/aromatic N) is 1. The van der Waals surface area contributed by atoms with E-state index in [-0.39, 0.29) is 25.0 Å². The molecule has 1 heterocycles. The van der Waals surface area contributed by atoms with Crippen LogP contribution in [0.3, 0.4) is 0 Å². The molecule has 1 aromatic rings. The Morgan fingerprint density at radius 3 is 2.30 bits per heavy atom. The van der Waals surface area contributed by atoms with Gasteiger partial charge in [0, 0.05) is 83.0 Å². The monoisotopic (exact) mass is 645 g/mol. The highest BCUT2D eigenvalue weighted by Crippen LogP contribution is 2.80. The lowest BCUT2D eigenvalue weighted by atomic mass is 9.42. The third kappa shape index (κ3) is 3.62. The SMILES string of the molecule is CCN1C[C@@]2(COC)[C@@H](O)C[C@@H](OC)[C@]34[C@H]5C[C@@]6(O)[C@H](OC)[C@@H](O)[C@](OC(C)=O)([C@@H]5[C@@H]6OC(=O)c5ccccc5)[C@H]([C@@H](OC)[C@@H]23)[C@@H]14. The first-order chi connectivity index (χ1) is 22.0. The van der Waals surface area contributed by atoms with Crippen molar-refractivity contribution in [2.45, 2.75) is 80.6 Å². The van der Waals surface area contributed by atoms with Gasteiger partial charge in [-0.2, -0.15) is 0 Å². The molecule has 46 heavy (non-hydrogen) atoms. The summed E-state index contributed by atoms with van der Waals surface area (Å²) >= 11 is 0. The normalized spacial score (nSPS) is 49.9. The van der Waals surface area contributed by atoms with Crippen molar-refractivity contribution in [1.29, 1.82) is 0 Å². The molecule has 7 bridgehead atoms. The second-order valence-corrected chi connectivity index (χ2v) is 14.4. The quantitative estimate of drug-likeness (QED) is 0.323. The lowest BCUT2D eigenvalue weighted by molar-refractivity contribution is -0.322. The summed E-state index contributed by atoms with van der Waals surface area (Å²) in [6.45, 7) is 4.68. The fraction of sp³-hybridized carbons (Fsp3) is 0.765. The van der Waals surface area contributed by atoms with E-state index in [2.05, 4.69) is 4.90 Å². The van der Waals surface area contributed by atoms with Gasteiger partial charge in [0.15, 0.2) is 5.60 Å². The Kier molecular flexibility index (Phi) is 7.69. The number of fused-ring (bicyclic) bond motifs is 2. The van der Waals surface area contributed by atoms with E-state index in [0.717, 1.165) is 0 Å². The Morgan fingerprint density at radius 2 is 1.72 bits per heavy atom. The maximum absolute atomic E-state index is 13.8. The van der Waals surface area contributed by atoms with Crippen LogP contribution in [0.1, 0.15) is 37.0 Å². The molecule has 1 aromatic carbocycles. The number of hydrogen-bond acceptors (Lipinski definition) is 12. The highest BCUT2D eigenvalue weighted by molar-refractivity contribution is 5.89. The summed E-state index contributed by atoms with van der Waals surface area (Å²) in [5.74, 6) is -3.65. The van der Waals surface area contributed by atoms with Crippen LogP contribution in [-0.4, -0.2) is 134 Å². The van der Waals surface area contributed by atoms with Crippen LogP contribution in [0.5, 0.6) is 0 Å². The third-order valence-corrected chi connectivity index (χ3v) is 13.2. The summed E-state index contributed by atoms with van der Waals surface area (Å²) in [6, 6.07) is 8.18. The van der Waals surface area contributed by atoms with Crippen LogP contribution in [0.2, 0.25) is 0 Å². The molecule has 5 saturated carbocycles. The van der Waals surface area contributed by atoms with Gasteiger partial charge in [0.1, 0.15) is 23.9 Å². The zero-order valence-electron chi connectivity index (χ0n) is 27.3. The molecule has 6 aliphatic rings. The van der Waals surface area contributed by atoms with Crippen molar-refractivity contribution in [3.63, 3.8) is 0 Å². The Bertz CT molecular complexity index is 1360. The number of likely N-dealkylation sites (tertiary alicyclic amines) is 1. The Labute approximate surface area is 269 Å². The van der Waals surface area contributed by atoms with Gasteiger partial charge in [0.25, 0.3) is 0 Å². The number of carbonyl (C=O) groups is 2. The van der Waals surface area contributed by atoms with E-state index >= 15 is 0 Å². The molecule has 12 nitrogen and oxygen atoms in total. The highest BCUT2D eigenvalue weighted by atomic mass is 16.6. The van der Waals surface area contributed by atoms with Crippen LogP contribution in [0.4, 0.5) is 0 Å². The second-order valence-electron chi connectivity index (χ2n) is 14.4. The van der Waals surface area contributed by atoms with Crippen molar-refractivity contribution in [3.8, 4) is 0 Å². The number of benzene rings is 1. The molecule has 6 fully saturated rings. The molecule has 1 spiro atoms. The molecule has 7 rings (SSSR count). The summed E-state index contributed by atoms with van der Waals surface area (Å²) in [5.41, 5.74) is -4.79. The van der Waals surface area contributed by atoms with Gasteiger partial charge in [-0.05, 0) is 31.0 Å². The number of piperidine rings is 1. The van der Waals surface area contributed by atoms with E-state index < -0.39 is 88.3 Å². The molecule has 254 valence electrons. The fourth-order valence-electron chi connectivity index (χ4n) is 12.3. The van der Waals surface area contributed by atoms with Gasteiger partial charge >= 0.3 is 11.9 Å². The van der Waals surface area contributed by atoms with Crippen molar-refractivity contribution in [3.05, 3.63) is 35.9 Å². The predicted molar refractivity (Wildman–Crippen MR) is 160 cm³/mol. The molecule has 0 radical (unpaired) electrons. The maximum atomic E-state index is 13.8. The van der Waals surface area contributed by atoms with Crippen LogP contribution in [-0.2, 0) is 33.2 Å². The highest BCUT2D eigenvalue weighted by Gasteiger charge is 2.92. The van der Waals surface area contributed by atoms with Crippen LogP contribution >= 0.6 is 0 Å². The van der Waals surface area contributed by atoms with E-state index in [4.69, 9.17) is 28.4 Å². The molecule has 1 saturated heterocycles. The number of aliphatic hydroxyl groups is 3. The van der Waals surface area contributed by atoms with Gasteiger partial charge in [-0.15, -0.1) is 0 Å². The summed E-state index contributed by atoms with van der Waals surface area (Å²) in [6.07, 6.45) is -5.49. The molecule has 12 heteroatoms. The van der Waals surface area contributed by atoms with Crippen molar-refractivity contribution in [2.75, 3.05) is 48.1 Å². The van der Waals surface area contributed by atoms with Gasteiger partial charge in [-0.25, -0.2) is 4.79 Å². The van der Waals surface area contributed by atoms with Gasteiger partial charge in [0.05, 0.1) is 30.5 Å². The standard InChI is InChI=1S/C34H47NO11/c1-7-35-15-31(16-41-3)20(37)13-21(42-4)33-19-14-32(40)28(45-30(39)18-11-9-8-10-12-18)22(19)34(46-17(2)36,27(38)29(32)44-6)23(26(33)35)24(43-5)25(31)33/h8-12,19-29,37-38,40H,7,13-16H2,1-6H3/t19-,20-,21+,22-,23+,24+,25-,26+,27+,28-,29+,31+,32-,33+,34-/m0/s1. The second kappa shape index (κ2) is 10.9. The van der Waals surface area contributed by atoms with Crippen LogP contribution < -0.4 is 0 Å². The van der Waals surface area contributed by atoms with E-state index in [0.29, 0.717) is 25.1 Å². The molecule has 0 amide bonds. The smallest absolute Gasteiger partial charge is 0.338 e. The van der Waals surface area contributed by atoms with Gasteiger partial charge < -0.3 is 43.7 Å². The largest absolute Gasteiger partial charge is 0.455 e. The number of carbonyl (C=O) groups excluding carboxylic acids is 2. The van der Waals surface area contributed by atoms with Crippen molar-refractivity contribution in [2.24, 2.45) is 34.5 Å². The lowest BCUT2D eigenvalue weighted by Crippen LogP contribution is -2.81. The summed E-state index contributed by atoms with van der Waals surface area (Å²) in [5, 5.41) is 37.3.